The maximum atomic E-state index is 14.1. The number of piperidine rings is 1. The van der Waals surface area contributed by atoms with Crippen LogP contribution < -0.4 is 16.1 Å². The fraction of sp³-hybridized carbons (Fsp3) is 0.486. The predicted molar refractivity (Wildman–Crippen MR) is 174 cm³/mol. The van der Waals surface area contributed by atoms with Gasteiger partial charge in [0.15, 0.2) is 22.6 Å². The van der Waals surface area contributed by atoms with E-state index in [2.05, 4.69) is 10.6 Å². The van der Waals surface area contributed by atoms with Crippen LogP contribution in [0.15, 0.2) is 57.7 Å². The van der Waals surface area contributed by atoms with Crippen molar-refractivity contribution in [3.05, 3.63) is 80.9 Å². The van der Waals surface area contributed by atoms with Gasteiger partial charge in [0.25, 0.3) is 5.91 Å². The van der Waals surface area contributed by atoms with Gasteiger partial charge in [0, 0.05) is 29.7 Å². The number of amides is 3. The van der Waals surface area contributed by atoms with E-state index >= 15 is 0 Å². The quantitative estimate of drug-likeness (QED) is 0.335. The summed E-state index contributed by atoms with van der Waals surface area (Å²) in [7, 11) is 0. The largest absolute Gasteiger partial charge is 0.448 e. The van der Waals surface area contributed by atoms with Crippen LogP contribution in [-0.4, -0.2) is 47.8 Å². The van der Waals surface area contributed by atoms with Gasteiger partial charge >= 0.3 is 0 Å². The summed E-state index contributed by atoms with van der Waals surface area (Å²) in [4.78, 5) is 52.9. The second-order valence-corrected chi connectivity index (χ2v) is 13.6. The summed E-state index contributed by atoms with van der Waals surface area (Å²) in [6.45, 7) is 8.54. The number of fused-ring (bicyclic) bond motifs is 1. The lowest BCUT2D eigenvalue weighted by Crippen LogP contribution is -2.57. The molecule has 1 saturated carbocycles. The molecule has 2 aromatic carbocycles. The lowest BCUT2D eigenvalue weighted by atomic mass is 9.63. The molecule has 242 valence electrons. The molecule has 45 heavy (non-hydrogen) atoms. The molecule has 5 rings (SSSR count). The number of likely N-dealkylation sites (tertiary alicyclic amines) is 1. The van der Waals surface area contributed by atoms with Crippen molar-refractivity contribution in [2.24, 2.45) is 11.3 Å². The van der Waals surface area contributed by atoms with E-state index in [1.807, 2.05) is 52.0 Å². The molecule has 2 fully saturated rings. The smallest absolute Gasteiger partial charge is 0.287 e. The molecular weight excluding hydrogens is 597 g/mol. The zero-order chi connectivity index (χ0) is 32.8. The first-order valence-corrected chi connectivity index (χ1v) is 16.0. The minimum Gasteiger partial charge on any atom is -0.448 e. The molecule has 10 heteroatoms. The van der Waals surface area contributed by atoms with Gasteiger partial charge in [-0.3, -0.25) is 19.2 Å². The van der Waals surface area contributed by atoms with Gasteiger partial charge in [-0.05, 0) is 83.6 Å². The minimum atomic E-state index is -0.770. The number of halogens is 2. The Balaban J connectivity index is 0.000000501. The number of hydrogen-bond donors (Lipinski definition) is 2. The van der Waals surface area contributed by atoms with Crippen LogP contribution >= 0.6 is 11.6 Å². The standard InChI is InChI=1S/C28H36FN3O5.C7H7Cl/c1-27(2,3)31-26(36)28(18-8-5-4-6-9-18)12-14-32(15-13-28)23(34)17-30-25(35)22-16-21(33)19-10-7-11-20(29)24(19)37-22;1-6-2-4-7(8)5-3-6/h7,10-11,16,18H,4-6,8-9,12-15,17H2,1-3H3,(H,30,35)(H,31,36);2-5H,1H3. The minimum absolute atomic E-state index is 0.0397. The molecule has 2 heterocycles. The Morgan fingerprint density at radius 3 is 2.27 bits per heavy atom. The van der Waals surface area contributed by atoms with Crippen molar-refractivity contribution in [2.45, 2.75) is 78.2 Å². The van der Waals surface area contributed by atoms with E-state index in [0.717, 1.165) is 42.8 Å². The van der Waals surface area contributed by atoms with Crippen molar-refractivity contribution < 1.29 is 23.2 Å². The number of hydrogen-bond acceptors (Lipinski definition) is 5. The third-order valence-electron chi connectivity index (χ3n) is 8.68. The van der Waals surface area contributed by atoms with E-state index in [4.69, 9.17) is 16.0 Å². The van der Waals surface area contributed by atoms with Gasteiger partial charge in [0.05, 0.1) is 17.3 Å². The summed E-state index contributed by atoms with van der Waals surface area (Å²) in [6.07, 6.45) is 6.66. The van der Waals surface area contributed by atoms with E-state index in [0.29, 0.717) is 31.8 Å². The highest BCUT2D eigenvalue weighted by Gasteiger charge is 2.48. The van der Waals surface area contributed by atoms with Gasteiger partial charge in [0.2, 0.25) is 11.8 Å². The van der Waals surface area contributed by atoms with Gasteiger partial charge in [-0.25, -0.2) is 4.39 Å². The summed E-state index contributed by atoms with van der Waals surface area (Å²) in [5, 5.41) is 6.51. The average molecular weight is 640 g/mol. The van der Waals surface area contributed by atoms with Gasteiger partial charge in [0.1, 0.15) is 0 Å². The van der Waals surface area contributed by atoms with Crippen LogP contribution in [0.5, 0.6) is 0 Å². The van der Waals surface area contributed by atoms with Crippen LogP contribution in [0.4, 0.5) is 4.39 Å². The zero-order valence-electron chi connectivity index (χ0n) is 26.5. The molecule has 1 saturated heterocycles. The van der Waals surface area contributed by atoms with Crippen molar-refractivity contribution >= 4 is 40.3 Å². The maximum absolute atomic E-state index is 14.1. The van der Waals surface area contributed by atoms with Crippen molar-refractivity contribution in [1.29, 1.82) is 0 Å². The normalized spacial score (nSPS) is 16.8. The van der Waals surface area contributed by atoms with E-state index in [1.54, 1.807) is 4.90 Å². The molecule has 1 aliphatic heterocycles. The highest BCUT2D eigenvalue weighted by molar-refractivity contribution is 6.30. The van der Waals surface area contributed by atoms with Crippen molar-refractivity contribution in [1.82, 2.24) is 15.5 Å². The maximum Gasteiger partial charge on any atom is 0.287 e. The lowest BCUT2D eigenvalue weighted by Gasteiger charge is -2.47. The van der Waals surface area contributed by atoms with Gasteiger partial charge in [-0.1, -0.05) is 54.6 Å². The number of nitrogens with one attached hydrogen (secondary N) is 2. The summed E-state index contributed by atoms with van der Waals surface area (Å²) >= 11 is 5.61. The number of nitrogens with zero attached hydrogens (tertiary/aromatic N) is 1. The third-order valence-corrected chi connectivity index (χ3v) is 8.93. The SMILES string of the molecule is CC(C)(C)NC(=O)C1(C2CCCCC2)CCN(C(=O)CNC(=O)c2cc(=O)c3cccc(F)c3o2)CC1.Cc1ccc(Cl)cc1. The first-order chi connectivity index (χ1) is 21.3. The van der Waals surface area contributed by atoms with Crippen LogP contribution in [0.2, 0.25) is 5.02 Å². The molecule has 3 aromatic rings. The van der Waals surface area contributed by atoms with E-state index < -0.39 is 22.6 Å². The van der Waals surface area contributed by atoms with Crippen LogP contribution in [0.3, 0.4) is 0 Å². The molecule has 2 aliphatic rings. The van der Waals surface area contributed by atoms with E-state index in [9.17, 15) is 23.6 Å². The number of benzene rings is 2. The van der Waals surface area contributed by atoms with Crippen LogP contribution in [-0.2, 0) is 9.59 Å². The monoisotopic (exact) mass is 639 g/mol. The molecule has 0 atom stereocenters. The summed E-state index contributed by atoms with van der Waals surface area (Å²) < 4.78 is 19.4. The summed E-state index contributed by atoms with van der Waals surface area (Å²) in [6, 6.07) is 12.7. The van der Waals surface area contributed by atoms with Crippen LogP contribution in [0.25, 0.3) is 11.0 Å². The van der Waals surface area contributed by atoms with E-state index in [-0.39, 0.29) is 40.6 Å². The Kier molecular flexibility index (Phi) is 11.1. The number of rotatable bonds is 5. The molecule has 8 nitrogen and oxygen atoms in total. The molecule has 0 spiro atoms. The van der Waals surface area contributed by atoms with E-state index in [1.165, 1.54) is 24.1 Å². The van der Waals surface area contributed by atoms with Crippen LogP contribution in [0.1, 0.15) is 81.8 Å². The van der Waals surface area contributed by atoms with Crippen molar-refractivity contribution in [3.8, 4) is 0 Å². The predicted octanol–water partition coefficient (Wildman–Crippen LogP) is 6.41. The first-order valence-electron chi connectivity index (χ1n) is 15.6. The van der Waals surface area contributed by atoms with Crippen molar-refractivity contribution in [2.75, 3.05) is 19.6 Å². The van der Waals surface area contributed by atoms with Gasteiger partial charge < -0.3 is 20.0 Å². The first kappa shape index (κ1) is 34.2. The average Bonchev–Trinajstić information content (AvgIpc) is 3.01. The molecule has 1 aromatic heterocycles. The van der Waals surface area contributed by atoms with Crippen molar-refractivity contribution in [3.63, 3.8) is 0 Å². The topological polar surface area (TPSA) is 109 Å². The molecule has 3 amide bonds. The molecule has 0 bridgehead atoms. The molecule has 0 unspecified atom stereocenters. The number of carbonyl (C=O) groups excluding carboxylic acids is 3. The summed E-state index contributed by atoms with van der Waals surface area (Å²) in [5.74, 6) is -1.78. The Hall–Kier alpha value is -3.72. The fourth-order valence-corrected chi connectivity index (χ4v) is 6.36. The Labute approximate surface area is 268 Å². The number of aryl methyl sites for hydroxylation is 1. The molecule has 1 aliphatic carbocycles. The second kappa shape index (κ2) is 14.6. The Bertz CT molecular complexity index is 1550. The fourth-order valence-electron chi connectivity index (χ4n) is 6.24. The lowest BCUT2D eigenvalue weighted by molar-refractivity contribution is -0.145. The number of carbonyl (C=O) groups is 3. The van der Waals surface area contributed by atoms with Gasteiger partial charge in [-0.2, -0.15) is 0 Å². The number of para-hydroxylation sites is 1. The second-order valence-electron chi connectivity index (χ2n) is 13.1. The Morgan fingerprint density at radius 2 is 1.67 bits per heavy atom. The molecule has 2 N–H and O–H groups in total. The summed E-state index contributed by atoms with van der Waals surface area (Å²) in [5.41, 5.74) is -0.423. The highest BCUT2D eigenvalue weighted by Crippen LogP contribution is 2.46. The third kappa shape index (κ3) is 8.72. The zero-order valence-corrected chi connectivity index (χ0v) is 27.3. The highest BCUT2D eigenvalue weighted by atomic mass is 35.5. The molecule has 0 radical (unpaired) electrons. The van der Waals surface area contributed by atoms with Crippen LogP contribution in [0, 0.1) is 24.1 Å². The van der Waals surface area contributed by atoms with Gasteiger partial charge in [-0.15, -0.1) is 0 Å². The molecular formula is C35H43ClFN3O5. The Morgan fingerprint density at radius 1 is 1.02 bits per heavy atom.